The number of hydrogen-bond donors (Lipinski definition) is 2. The van der Waals surface area contributed by atoms with E-state index in [-0.39, 0.29) is 0 Å². The van der Waals surface area contributed by atoms with Crippen molar-refractivity contribution >= 4 is 5.97 Å². The molecule has 0 spiro atoms. The van der Waals surface area contributed by atoms with Crippen LogP contribution in [-0.4, -0.2) is 22.3 Å². The van der Waals surface area contributed by atoms with Crippen LogP contribution >= 0.6 is 0 Å². The lowest BCUT2D eigenvalue weighted by atomic mass is 9.94. The number of allylic oxidation sites excluding steroid dienone is 2. The molecule has 120 valence electrons. The average Bonchev–Trinajstić information content (AvgIpc) is 3.32. The van der Waals surface area contributed by atoms with Crippen molar-refractivity contribution in [2.45, 2.75) is 64.9 Å². The summed E-state index contributed by atoms with van der Waals surface area (Å²) in [5.41, 5.74) is 0. The monoisotopic (exact) mass is 294 g/mol. The maximum Gasteiger partial charge on any atom is 0.309 e. The Bertz CT molecular complexity index is 377. The molecule has 0 aliphatic heterocycles. The molecule has 0 saturated heterocycles. The standard InChI is InChI=1S/C18H30O3/c1-3-12-9-13(12)7-5-6-8-14-10-15(14)11-17(19)16(4-2)18(20)21/h5-6,12-17,19H,3-4,7-11H2,1-2H3,(H,20,21)/b6-5-/t12?,13?,14?,15?,16-,17-/m1/s1. The molecule has 2 aliphatic rings. The minimum absolute atomic E-state index is 0.508. The zero-order valence-corrected chi connectivity index (χ0v) is 13.4. The fraction of sp³-hybridized carbons (Fsp3) is 0.833. The van der Waals surface area contributed by atoms with Crippen molar-refractivity contribution in [2.75, 3.05) is 0 Å². The van der Waals surface area contributed by atoms with Gasteiger partial charge in [0.2, 0.25) is 0 Å². The van der Waals surface area contributed by atoms with E-state index < -0.39 is 18.0 Å². The molecule has 6 atom stereocenters. The van der Waals surface area contributed by atoms with Crippen LogP contribution in [0, 0.1) is 29.6 Å². The SMILES string of the molecule is CCC1CC1C/C=C\CC1CC1C[C@@H](O)[C@@H](CC)C(=O)O. The summed E-state index contributed by atoms with van der Waals surface area (Å²) in [5, 5.41) is 19.1. The van der Waals surface area contributed by atoms with Crippen LogP contribution in [-0.2, 0) is 4.79 Å². The van der Waals surface area contributed by atoms with Crippen molar-refractivity contribution in [3.8, 4) is 0 Å². The molecule has 0 amide bonds. The first-order chi connectivity index (χ1) is 10.1. The Hall–Kier alpha value is -0.830. The van der Waals surface area contributed by atoms with Gasteiger partial charge in [-0.3, -0.25) is 4.79 Å². The molecule has 2 N–H and O–H groups in total. The second-order valence-corrected chi connectivity index (χ2v) is 7.02. The van der Waals surface area contributed by atoms with Gasteiger partial charge in [0.05, 0.1) is 12.0 Å². The van der Waals surface area contributed by atoms with Gasteiger partial charge in [0.1, 0.15) is 0 Å². The van der Waals surface area contributed by atoms with Gasteiger partial charge in [-0.2, -0.15) is 0 Å². The van der Waals surface area contributed by atoms with Gasteiger partial charge in [-0.25, -0.2) is 0 Å². The highest BCUT2D eigenvalue weighted by atomic mass is 16.4. The van der Waals surface area contributed by atoms with Gasteiger partial charge in [-0.15, -0.1) is 0 Å². The van der Waals surface area contributed by atoms with Crippen LogP contribution in [0.4, 0.5) is 0 Å². The van der Waals surface area contributed by atoms with Gasteiger partial charge in [0, 0.05) is 0 Å². The van der Waals surface area contributed by atoms with Crippen LogP contribution in [0.1, 0.15) is 58.8 Å². The van der Waals surface area contributed by atoms with Crippen molar-refractivity contribution in [1.82, 2.24) is 0 Å². The van der Waals surface area contributed by atoms with Crippen LogP contribution in [0.2, 0.25) is 0 Å². The summed E-state index contributed by atoms with van der Waals surface area (Å²) in [5.74, 6) is 1.65. The van der Waals surface area contributed by atoms with Crippen molar-refractivity contribution in [1.29, 1.82) is 0 Å². The summed E-state index contributed by atoms with van der Waals surface area (Å²) in [7, 11) is 0. The van der Waals surface area contributed by atoms with Crippen molar-refractivity contribution in [3.63, 3.8) is 0 Å². The topological polar surface area (TPSA) is 57.5 Å². The molecule has 0 radical (unpaired) electrons. The number of hydrogen-bond acceptors (Lipinski definition) is 2. The Morgan fingerprint density at radius 3 is 2.14 bits per heavy atom. The van der Waals surface area contributed by atoms with Gasteiger partial charge in [0.15, 0.2) is 0 Å². The predicted octanol–water partition coefficient (Wildman–Crippen LogP) is 3.87. The minimum atomic E-state index is -0.864. The second kappa shape index (κ2) is 7.44. The van der Waals surface area contributed by atoms with Crippen molar-refractivity contribution in [2.24, 2.45) is 29.6 Å². The first kappa shape index (κ1) is 16.5. The summed E-state index contributed by atoms with van der Waals surface area (Å²) in [6.45, 7) is 4.10. The van der Waals surface area contributed by atoms with Gasteiger partial charge in [-0.1, -0.05) is 32.4 Å². The van der Waals surface area contributed by atoms with Gasteiger partial charge < -0.3 is 10.2 Å². The Labute approximate surface area is 128 Å². The molecule has 0 bridgehead atoms. The predicted molar refractivity (Wildman–Crippen MR) is 83.9 cm³/mol. The highest BCUT2D eigenvalue weighted by Gasteiger charge is 2.39. The first-order valence-electron chi connectivity index (χ1n) is 8.62. The number of carboxylic acid groups (broad SMARTS) is 1. The van der Waals surface area contributed by atoms with E-state index >= 15 is 0 Å². The number of rotatable bonds is 10. The van der Waals surface area contributed by atoms with E-state index in [1.807, 2.05) is 6.92 Å². The summed E-state index contributed by atoms with van der Waals surface area (Å²) >= 11 is 0. The third kappa shape index (κ3) is 4.84. The molecule has 0 aromatic carbocycles. The Morgan fingerprint density at radius 1 is 1.10 bits per heavy atom. The second-order valence-electron chi connectivity index (χ2n) is 7.02. The fourth-order valence-electron chi connectivity index (χ4n) is 3.61. The lowest BCUT2D eigenvalue weighted by Crippen LogP contribution is -2.28. The quantitative estimate of drug-likeness (QED) is 0.601. The van der Waals surface area contributed by atoms with E-state index in [2.05, 4.69) is 19.1 Å². The molecule has 2 aliphatic carbocycles. The Balaban J connectivity index is 1.59. The van der Waals surface area contributed by atoms with Gasteiger partial charge >= 0.3 is 5.97 Å². The van der Waals surface area contributed by atoms with Gasteiger partial charge in [-0.05, 0) is 62.2 Å². The molecule has 0 aromatic heterocycles. The number of aliphatic hydroxyl groups is 1. The van der Waals surface area contributed by atoms with E-state index in [9.17, 15) is 9.90 Å². The molecule has 0 heterocycles. The van der Waals surface area contributed by atoms with Crippen LogP contribution in [0.3, 0.4) is 0 Å². The maximum atomic E-state index is 11.0. The average molecular weight is 294 g/mol. The summed E-state index contributed by atoms with van der Waals surface area (Å²) in [6.07, 6.45) is 11.3. The summed E-state index contributed by atoms with van der Waals surface area (Å²) in [4.78, 5) is 11.0. The zero-order valence-electron chi connectivity index (χ0n) is 13.4. The normalized spacial score (nSPS) is 33.9. The zero-order chi connectivity index (χ0) is 15.4. The number of carbonyl (C=O) groups is 1. The van der Waals surface area contributed by atoms with Crippen LogP contribution in [0.5, 0.6) is 0 Å². The largest absolute Gasteiger partial charge is 0.481 e. The van der Waals surface area contributed by atoms with Crippen molar-refractivity contribution < 1.29 is 15.0 Å². The van der Waals surface area contributed by atoms with Crippen LogP contribution < -0.4 is 0 Å². The van der Waals surface area contributed by atoms with E-state index in [1.54, 1.807) is 0 Å². The van der Waals surface area contributed by atoms with E-state index in [1.165, 1.54) is 19.3 Å². The highest BCUT2D eigenvalue weighted by molar-refractivity contribution is 5.70. The van der Waals surface area contributed by atoms with Gasteiger partial charge in [0.25, 0.3) is 0 Å². The highest BCUT2D eigenvalue weighted by Crippen LogP contribution is 2.46. The molecule has 0 aromatic rings. The van der Waals surface area contributed by atoms with E-state index in [0.717, 1.165) is 24.7 Å². The lowest BCUT2D eigenvalue weighted by molar-refractivity contribution is -0.146. The molecule has 2 fully saturated rings. The number of carboxylic acids is 1. The number of aliphatic carboxylic acids is 1. The summed E-state index contributed by atoms with van der Waals surface area (Å²) in [6, 6.07) is 0. The molecule has 3 heteroatoms. The molecular weight excluding hydrogens is 264 g/mol. The molecule has 4 unspecified atom stereocenters. The maximum absolute atomic E-state index is 11.0. The molecule has 21 heavy (non-hydrogen) atoms. The lowest BCUT2D eigenvalue weighted by Gasteiger charge is -2.17. The fourth-order valence-corrected chi connectivity index (χ4v) is 3.61. The Morgan fingerprint density at radius 2 is 1.67 bits per heavy atom. The van der Waals surface area contributed by atoms with Crippen molar-refractivity contribution in [3.05, 3.63) is 12.2 Å². The third-order valence-corrected chi connectivity index (χ3v) is 5.47. The summed E-state index contributed by atoms with van der Waals surface area (Å²) < 4.78 is 0. The molecule has 2 rings (SSSR count). The number of aliphatic hydroxyl groups excluding tert-OH is 1. The van der Waals surface area contributed by atoms with E-state index in [4.69, 9.17) is 5.11 Å². The smallest absolute Gasteiger partial charge is 0.309 e. The van der Waals surface area contributed by atoms with Crippen LogP contribution in [0.25, 0.3) is 0 Å². The molecular formula is C18H30O3. The van der Waals surface area contributed by atoms with Crippen LogP contribution in [0.15, 0.2) is 12.2 Å². The minimum Gasteiger partial charge on any atom is -0.481 e. The first-order valence-corrected chi connectivity index (χ1v) is 8.62. The van der Waals surface area contributed by atoms with E-state index in [0.29, 0.717) is 24.7 Å². The third-order valence-electron chi connectivity index (χ3n) is 5.47. The molecule has 3 nitrogen and oxygen atoms in total. The molecule has 2 saturated carbocycles. The Kier molecular flexibility index (Phi) is 5.86.